The first-order chi connectivity index (χ1) is 9.46. The molecule has 120 valence electrons. The molecule has 0 radical (unpaired) electrons. The molecule has 2 nitrogen and oxygen atoms in total. The van der Waals surface area contributed by atoms with Gasteiger partial charge in [0.25, 0.3) is 0 Å². The topological polar surface area (TPSA) is 29.5 Å². The van der Waals surface area contributed by atoms with Crippen LogP contribution in [0.5, 0.6) is 5.75 Å². The van der Waals surface area contributed by atoms with Crippen molar-refractivity contribution in [1.29, 1.82) is 0 Å². The molecule has 8 heteroatoms. The van der Waals surface area contributed by atoms with Gasteiger partial charge in [0, 0.05) is 6.42 Å². The fourth-order valence-corrected chi connectivity index (χ4v) is 2.03. The second kappa shape index (κ2) is 6.13. The van der Waals surface area contributed by atoms with E-state index in [9.17, 15) is 31.4 Å². The third kappa shape index (κ3) is 4.52. The summed E-state index contributed by atoms with van der Waals surface area (Å²) >= 11 is 0. The lowest BCUT2D eigenvalue weighted by Gasteiger charge is -2.27. The predicted octanol–water partition coefficient (Wildman–Crippen LogP) is 3.65. The number of aliphatic hydroxyl groups excluding tert-OH is 1. The molecule has 1 rings (SSSR count). The molecule has 1 atom stereocenters. The number of hydrogen-bond acceptors (Lipinski definition) is 2. The van der Waals surface area contributed by atoms with E-state index in [1.165, 1.54) is 19.2 Å². The van der Waals surface area contributed by atoms with Crippen LogP contribution in [0.1, 0.15) is 11.1 Å². The van der Waals surface area contributed by atoms with Crippen molar-refractivity contribution in [2.24, 2.45) is 5.92 Å². The molecule has 1 N–H and O–H groups in total. The van der Waals surface area contributed by atoms with Gasteiger partial charge in [0.15, 0.2) is 5.92 Å². The maximum Gasteiger partial charge on any atom is 0.403 e. The molecule has 0 aliphatic rings. The van der Waals surface area contributed by atoms with Crippen molar-refractivity contribution < 1.29 is 36.2 Å². The largest absolute Gasteiger partial charge is 0.496 e. The Morgan fingerprint density at radius 1 is 1.10 bits per heavy atom. The number of ether oxygens (including phenoxy) is 1. The highest BCUT2D eigenvalue weighted by Crippen LogP contribution is 2.42. The zero-order valence-corrected chi connectivity index (χ0v) is 11.2. The zero-order valence-electron chi connectivity index (χ0n) is 11.2. The van der Waals surface area contributed by atoms with Gasteiger partial charge >= 0.3 is 12.4 Å². The Kier molecular flexibility index (Phi) is 5.14. The van der Waals surface area contributed by atoms with E-state index in [4.69, 9.17) is 4.74 Å². The van der Waals surface area contributed by atoms with Crippen LogP contribution < -0.4 is 4.74 Å². The van der Waals surface area contributed by atoms with Gasteiger partial charge in [0.2, 0.25) is 0 Å². The third-order valence-electron chi connectivity index (χ3n) is 2.96. The van der Waals surface area contributed by atoms with Gasteiger partial charge in [-0.25, -0.2) is 0 Å². The van der Waals surface area contributed by atoms with E-state index in [-0.39, 0.29) is 11.3 Å². The monoisotopic (exact) mass is 316 g/mol. The first-order valence-corrected chi connectivity index (χ1v) is 5.91. The number of rotatable bonds is 4. The lowest BCUT2D eigenvalue weighted by atomic mass is 9.94. The molecule has 0 saturated heterocycles. The number of aryl methyl sites for hydroxylation is 1. The van der Waals surface area contributed by atoms with Gasteiger partial charge < -0.3 is 9.84 Å². The first kappa shape index (κ1) is 17.6. The minimum atomic E-state index is -5.57. The summed E-state index contributed by atoms with van der Waals surface area (Å²) in [5.41, 5.74) is 0.720. The summed E-state index contributed by atoms with van der Waals surface area (Å²) in [5, 5.41) is 9.45. The molecule has 0 spiro atoms. The van der Waals surface area contributed by atoms with E-state index in [1.807, 2.05) is 0 Å². The van der Waals surface area contributed by atoms with Crippen molar-refractivity contribution in [3.05, 3.63) is 29.3 Å². The Morgan fingerprint density at radius 2 is 1.62 bits per heavy atom. The van der Waals surface area contributed by atoms with Crippen LogP contribution in [0.3, 0.4) is 0 Å². The van der Waals surface area contributed by atoms with Crippen LogP contribution in [0.15, 0.2) is 18.2 Å². The average molecular weight is 316 g/mol. The van der Waals surface area contributed by atoms with Gasteiger partial charge in [-0.2, -0.15) is 26.3 Å². The van der Waals surface area contributed by atoms with Gasteiger partial charge in [-0.15, -0.1) is 0 Å². The quantitative estimate of drug-likeness (QED) is 0.859. The average Bonchev–Trinajstić information content (AvgIpc) is 2.24. The minimum absolute atomic E-state index is 0.0866. The number of alkyl halides is 6. The summed E-state index contributed by atoms with van der Waals surface area (Å²) in [7, 11) is 1.24. The fourth-order valence-electron chi connectivity index (χ4n) is 2.03. The molecule has 1 aromatic rings. The van der Waals surface area contributed by atoms with Gasteiger partial charge in [-0.1, -0.05) is 17.7 Å². The molecule has 0 fully saturated rings. The maximum absolute atomic E-state index is 12.5. The summed E-state index contributed by atoms with van der Waals surface area (Å²) in [6.45, 7) is 1.63. The Bertz CT molecular complexity index is 467. The zero-order chi connectivity index (χ0) is 16.4. The molecule has 0 heterocycles. The normalized spacial score (nSPS) is 14.4. The van der Waals surface area contributed by atoms with Crippen molar-refractivity contribution in [2.45, 2.75) is 31.8 Å². The predicted molar refractivity (Wildman–Crippen MR) is 63.0 cm³/mol. The SMILES string of the molecule is COc1ccc(C)cc1CC(O)C(C(F)(F)F)C(F)(F)F. The van der Waals surface area contributed by atoms with Crippen LogP contribution in [-0.2, 0) is 6.42 Å². The van der Waals surface area contributed by atoms with E-state index in [0.29, 0.717) is 5.56 Å². The Labute approximate surface area is 117 Å². The number of hydrogen-bond donors (Lipinski definition) is 1. The smallest absolute Gasteiger partial charge is 0.403 e. The minimum Gasteiger partial charge on any atom is -0.496 e. The van der Waals surface area contributed by atoms with E-state index in [2.05, 4.69) is 0 Å². The Hall–Kier alpha value is -1.44. The lowest BCUT2D eigenvalue weighted by Crippen LogP contribution is -2.45. The van der Waals surface area contributed by atoms with Gasteiger partial charge in [-0.3, -0.25) is 0 Å². The summed E-state index contributed by atoms with van der Waals surface area (Å²) < 4.78 is 80.0. The molecule has 0 aliphatic carbocycles. The molecule has 0 aliphatic heterocycles. The van der Waals surface area contributed by atoms with E-state index in [0.717, 1.165) is 0 Å². The standard InChI is InChI=1S/C13H14F6O2/c1-7-3-4-10(21-2)8(5-7)6-9(20)11(12(14,15)16)13(17,18)19/h3-5,9,11,20H,6H2,1-2H3. The fraction of sp³-hybridized carbons (Fsp3) is 0.538. The summed E-state index contributed by atoms with van der Waals surface area (Å²) in [6, 6.07) is 4.40. The van der Waals surface area contributed by atoms with Crippen LogP contribution in [0.25, 0.3) is 0 Å². The van der Waals surface area contributed by atoms with Crippen molar-refractivity contribution in [1.82, 2.24) is 0 Å². The van der Waals surface area contributed by atoms with E-state index in [1.54, 1.807) is 13.0 Å². The molecular weight excluding hydrogens is 302 g/mol. The van der Waals surface area contributed by atoms with Crippen LogP contribution in [-0.4, -0.2) is 30.7 Å². The van der Waals surface area contributed by atoms with Crippen LogP contribution >= 0.6 is 0 Å². The molecule has 21 heavy (non-hydrogen) atoms. The molecule has 0 bridgehead atoms. The van der Waals surface area contributed by atoms with Crippen molar-refractivity contribution in [2.75, 3.05) is 7.11 Å². The number of benzene rings is 1. The molecule has 0 amide bonds. The second-order valence-corrected chi connectivity index (χ2v) is 4.65. The molecule has 1 aromatic carbocycles. The highest BCUT2D eigenvalue weighted by Gasteiger charge is 2.60. The molecule has 1 unspecified atom stereocenters. The van der Waals surface area contributed by atoms with E-state index >= 15 is 0 Å². The van der Waals surface area contributed by atoms with Crippen LogP contribution in [0.4, 0.5) is 26.3 Å². The van der Waals surface area contributed by atoms with Gasteiger partial charge in [-0.05, 0) is 18.6 Å². The van der Waals surface area contributed by atoms with Crippen molar-refractivity contribution in [3.63, 3.8) is 0 Å². The first-order valence-electron chi connectivity index (χ1n) is 5.91. The maximum atomic E-state index is 12.5. The summed E-state index contributed by atoms with van der Waals surface area (Å²) in [4.78, 5) is 0. The lowest BCUT2D eigenvalue weighted by molar-refractivity contribution is -0.305. The number of methoxy groups -OCH3 is 1. The molecule has 0 saturated carbocycles. The third-order valence-corrected chi connectivity index (χ3v) is 2.96. The molecule has 0 aromatic heterocycles. The number of halogens is 6. The Balaban J connectivity index is 3.08. The second-order valence-electron chi connectivity index (χ2n) is 4.65. The van der Waals surface area contributed by atoms with Crippen LogP contribution in [0.2, 0.25) is 0 Å². The Morgan fingerprint density at radius 3 is 2.05 bits per heavy atom. The number of aliphatic hydroxyl groups is 1. The van der Waals surface area contributed by atoms with Crippen molar-refractivity contribution >= 4 is 0 Å². The van der Waals surface area contributed by atoms with Gasteiger partial charge in [0.1, 0.15) is 5.75 Å². The highest BCUT2D eigenvalue weighted by atomic mass is 19.4. The highest BCUT2D eigenvalue weighted by molar-refractivity contribution is 5.37. The summed E-state index contributed by atoms with van der Waals surface area (Å²) in [5.74, 6) is -3.67. The van der Waals surface area contributed by atoms with Crippen LogP contribution in [0, 0.1) is 12.8 Å². The van der Waals surface area contributed by atoms with Gasteiger partial charge in [0.05, 0.1) is 13.2 Å². The van der Waals surface area contributed by atoms with Crippen molar-refractivity contribution in [3.8, 4) is 5.75 Å². The summed E-state index contributed by atoms with van der Waals surface area (Å²) in [6.07, 6.45) is -14.6. The molecular formula is C13H14F6O2. The van der Waals surface area contributed by atoms with E-state index < -0.39 is 30.8 Å².